The van der Waals surface area contributed by atoms with Crippen molar-refractivity contribution in [1.29, 1.82) is 0 Å². The fraction of sp³-hybridized carbons (Fsp3) is 0.444. The number of hydrogen-bond donors (Lipinski definition) is 0. The molecule has 2 nitrogen and oxygen atoms in total. The van der Waals surface area contributed by atoms with Crippen LogP contribution in [0.25, 0.3) is 0 Å². The maximum Gasteiger partial charge on any atom is 0.261 e. The summed E-state index contributed by atoms with van der Waals surface area (Å²) in [6.45, 7) is 9.65. The lowest BCUT2D eigenvalue weighted by Gasteiger charge is -2.43. The molecule has 30 heavy (non-hydrogen) atoms. The zero-order chi connectivity index (χ0) is 21.9. The SMILES string of the molecule is CCCCC(=O)CC#CCCCO[Si](c1ccccc1)(c1ccccc1)C(C)(C)C. The maximum absolute atomic E-state index is 11.7. The molecule has 160 valence electrons. The van der Waals surface area contributed by atoms with Gasteiger partial charge in [0.25, 0.3) is 8.32 Å². The molecule has 0 aliphatic heterocycles. The lowest BCUT2D eigenvalue weighted by atomic mass is 10.1. The van der Waals surface area contributed by atoms with Gasteiger partial charge in [-0.15, -0.1) is 5.92 Å². The fourth-order valence-corrected chi connectivity index (χ4v) is 8.47. The van der Waals surface area contributed by atoms with Crippen LogP contribution in [-0.4, -0.2) is 20.7 Å². The first kappa shape index (κ1) is 24.1. The van der Waals surface area contributed by atoms with Crippen molar-refractivity contribution in [2.45, 2.75) is 71.3 Å². The Hall–Kier alpha value is -2.15. The predicted molar refractivity (Wildman–Crippen MR) is 130 cm³/mol. The first-order valence-electron chi connectivity index (χ1n) is 11.1. The van der Waals surface area contributed by atoms with Crippen molar-refractivity contribution in [2.75, 3.05) is 6.61 Å². The Morgan fingerprint density at radius 2 is 1.47 bits per heavy atom. The van der Waals surface area contributed by atoms with Crippen LogP contribution in [0.1, 0.15) is 66.2 Å². The number of carbonyl (C=O) groups is 1. The minimum Gasteiger partial charge on any atom is -0.407 e. The van der Waals surface area contributed by atoms with Gasteiger partial charge >= 0.3 is 0 Å². The standard InChI is InChI=1S/C27H36O2Si/c1-5-6-17-24(28)18-11-7-8-16-23-29-30(27(2,3)4,25-19-12-9-13-20-25)26-21-14-10-15-22-26/h9-10,12-15,19-22H,5-6,8,16-18,23H2,1-4H3. The molecule has 0 saturated carbocycles. The third-order valence-corrected chi connectivity index (χ3v) is 10.4. The highest BCUT2D eigenvalue weighted by Gasteiger charge is 2.49. The highest BCUT2D eigenvalue weighted by molar-refractivity contribution is 6.99. The number of benzene rings is 2. The average molecular weight is 421 g/mol. The molecule has 0 fully saturated rings. The molecule has 0 bridgehead atoms. The molecule has 0 aliphatic rings. The van der Waals surface area contributed by atoms with Crippen LogP contribution in [0.5, 0.6) is 0 Å². The maximum atomic E-state index is 11.7. The third kappa shape index (κ3) is 6.42. The quantitative estimate of drug-likeness (QED) is 0.288. The summed E-state index contributed by atoms with van der Waals surface area (Å²) in [6.07, 6.45) is 4.70. The van der Waals surface area contributed by atoms with Crippen molar-refractivity contribution in [3.8, 4) is 11.8 Å². The highest BCUT2D eigenvalue weighted by Crippen LogP contribution is 2.36. The Bertz CT molecular complexity index is 786. The fourth-order valence-electron chi connectivity index (χ4n) is 3.86. The summed E-state index contributed by atoms with van der Waals surface area (Å²) in [5, 5.41) is 2.60. The van der Waals surface area contributed by atoms with Crippen molar-refractivity contribution in [1.82, 2.24) is 0 Å². The van der Waals surface area contributed by atoms with E-state index in [4.69, 9.17) is 4.43 Å². The van der Waals surface area contributed by atoms with Crippen LogP contribution in [0.15, 0.2) is 60.7 Å². The summed E-state index contributed by atoms with van der Waals surface area (Å²) in [5.74, 6) is 6.46. The summed E-state index contributed by atoms with van der Waals surface area (Å²) >= 11 is 0. The van der Waals surface area contributed by atoms with Crippen molar-refractivity contribution in [3.05, 3.63) is 60.7 Å². The van der Waals surface area contributed by atoms with Gasteiger partial charge in [0.15, 0.2) is 0 Å². The lowest BCUT2D eigenvalue weighted by Crippen LogP contribution is -2.66. The van der Waals surface area contributed by atoms with Crippen LogP contribution < -0.4 is 10.4 Å². The molecule has 0 aromatic heterocycles. The summed E-state index contributed by atoms with van der Waals surface area (Å²) in [7, 11) is -2.45. The van der Waals surface area contributed by atoms with E-state index in [1.165, 1.54) is 10.4 Å². The molecule has 2 aromatic rings. The lowest BCUT2D eigenvalue weighted by molar-refractivity contribution is -0.118. The second-order valence-corrected chi connectivity index (χ2v) is 13.1. The summed E-state index contributed by atoms with van der Waals surface area (Å²) < 4.78 is 6.85. The number of Topliss-reactive ketones (excluding diaryl/α,β-unsaturated/α-hetero) is 1. The van der Waals surface area contributed by atoms with Gasteiger partial charge in [-0.2, -0.15) is 0 Å². The van der Waals surface area contributed by atoms with E-state index in [9.17, 15) is 4.79 Å². The summed E-state index contributed by atoms with van der Waals surface area (Å²) in [6, 6.07) is 21.4. The summed E-state index contributed by atoms with van der Waals surface area (Å²) in [4.78, 5) is 11.7. The zero-order valence-electron chi connectivity index (χ0n) is 19.0. The van der Waals surface area contributed by atoms with Gasteiger partial charge in [-0.1, -0.05) is 101 Å². The number of unbranched alkanes of at least 4 members (excludes halogenated alkanes) is 2. The minimum absolute atomic E-state index is 0.00686. The predicted octanol–water partition coefficient (Wildman–Crippen LogP) is 5.50. The first-order chi connectivity index (χ1) is 14.4. The van der Waals surface area contributed by atoms with Crippen molar-refractivity contribution in [2.24, 2.45) is 0 Å². The molecule has 2 aromatic carbocycles. The number of carbonyl (C=O) groups excluding carboxylic acids is 1. The molecule has 0 atom stereocenters. The topological polar surface area (TPSA) is 26.3 Å². The minimum atomic E-state index is -2.45. The van der Waals surface area contributed by atoms with Crippen LogP contribution in [0.2, 0.25) is 5.04 Å². The van der Waals surface area contributed by atoms with E-state index in [1.807, 2.05) is 0 Å². The average Bonchev–Trinajstić information content (AvgIpc) is 2.74. The molecule has 0 spiro atoms. The van der Waals surface area contributed by atoms with Gasteiger partial charge in [-0.25, -0.2) is 0 Å². The molecule has 0 N–H and O–H groups in total. The van der Waals surface area contributed by atoms with Gasteiger partial charge < -0.3 is 4.43 Å². The van der Waals surface area contributed by atoms with Gasteiger partial charge in [-0.05, 0) is 28.3 Å². The molecule has 0 radical (unpaired) electrons. The van der Waals surface area contributed by atoms with E-state index < -0.39 is 8.32 Å². The van der Waals surface area contributed by atoms with Gasteiger partial charge in [0, 0.05) is 19.4 Å². The molecule has 0 amide bonds. The molecule has 0 aliphatic carbocycles. The first-order valence-corrected chi connectivity index (χ1v) is 13.0. The molecular weight excluding hydrogens is 384 g/mol. The second-order valence-electron chi connectivity index (χ2n) is 8.79. The Morgan fingerprint density at radius 1 is 0.900 bits per heavy atom. The van der Waals surface area contributed by atoms with Gasteiger partial charge in [0.2, 0.25) is 0 Å². The van der Waals surface area contributed by atoms with Crippen LogP contribution in [0.3, 0.4) is 0 Å². The molecule has 2 rings (SSSR count). The number of hydrogen-bond acceptors (Lipinski definition) is 2. The van der Waals surface area contributed by atoms with Crippen LogP contribution >= 0.6 is 0 Å². The highest BCUT2D eigenvalue weighted by atomic mass is 28.4. The number of ketones is 1. The Morgan fingerprint density at radius 3 is 1.97 bits per heavy atom. The van der Waals surface area contributed by atoms with Gasteiger partial charge in [-0.3, -0.25) is 4.79 Å². The van der Waals surface area contributed by atoms with E-state index in [2.05, 4.69) is 100 Å². The van der Waals surface area contributed by atoms with Crippen LogP contribution in [0.4, 0.5) is 0 Å². The molecule has 0 heterocycles. The normalized spacial score (nSPS) is 11.6. The van der Waals surface area contributed by atoms with Gasteiger partial charge in [0.05, 0.1) is 6.42 Å². The Labute approximate surface area is 184 Å². The largest absolute Gasteiger partial charge is 0.407 e. The molecular formula is C27H36O2Si. The Balaban J connectivity index is 2.10. The Kier molecular flexibility index (Phi) is 9.56. The van der Waals surface area contributed by atoms with Crippen LogP contribution in [0, 0.1) is 11.8 Å². The monoisotopic (exact) mass is 420 g/mol. The van der Waals surface area contributed by atoms with Gasteiger partial charge in [0.1, 0.15) is 5.78 Å². The smallest absolute Gasteiger partial charge is 0.261 e. The zero-order valence-corrected chi connectivity index (χ0v) is 20.0. The van der Waals surface area contributed by atoms with E-state index in [0.717, 1.165) is 25.7 Å². The van der Waals surface area contributed by atoms with Crippen molar-refractivity contribution < 1.29 is 9.22 Å². The van der Waals surface area contributed by atoms with E-state index in [-0.39, 0.29) is 10.8 Å². The molecule has 0 saturated heterocycles. The van der Waals surface area contributed by atoms with E-state index >= 15 is 0 Å². The van der Waals surface area contributed by atoms with E-state index in [1.54, 1.807) is 0 Å². The van der Waals surface area contributed by atoms with Crippen LogP contribution in [-0.2, 0) is 9.22 Å². The summed E-state index contributed by atoms with van der Waals surface area (Å²) in [5.41, 5.74) is 0. The van der Waals surface area contributed by atoms with Crippen molar-refractivity contribution in [3.63, 3.8) is 0 Å². The molecule has 0 unspecified atom stereocenters. The van der Waals surface area contributed by atoms with E-state index in [0.29, 0.717) is 19.4 Å². The second kappa shape index (κ2) is 11.9. The number of rotatable bonds is 10. The van der Waals surface area contributed by atoms with Crippen molar-refractivity contribution >= 4 is 24.5 Å². The third-order valence-electron chi connectivity index (χ3n) is 5.40. The molecule has 3 heteroatoms.